The molecule has 1 aliphatic heterocycles. The number of carbonyl (C=O) groups is 2. The Balaban J connectivity index is 1.81. The van der Waals surface area contributed by atoms with Crippen LogP contribution in [-0.2, 0) is 9.59 Å². The molecule has 1 N–H and O–H groups in total. The summed E-state index contributed by atoms with van der Waals surface area (Å²) in [5.41, 5.74) is 2.60. The van der Waals surface area contributed by atoms with Gasteiger partial charge in [0.05, 0.1) is 45.8 Å². The zero-order valence-electron chi connectivity index (χ0n) is 14.1. The average Bonchev–Trinajstić information content (AvgIpc) is 2.89. The molecule has 0 aromatic rings. The number of nitro groups is 2. The van der Waals surface area contributed by atoms with Crippen LogP contribution < -0.4 is 5.43 Å². The van der Waals surface area contributed by atoms with E-state index in [2.05, 4.69) is 5.43 Å². The summed E-state index contributed by atoms with van der Waals surface area (Å²) in [5.74, 6) is -3.39. The summed E-state index contributed by atoms with van der Waals surface area (Å²) in [6.45, 7) is 0. The number of nitrogens with zero attached hydrogens (tertiary/aromatic N) is 3. The van der Waals surface area contributed by atoms with Crippen molar-refractivity contribution in [3.8, 4) is 0 Å². The lowest BCUT2D eigenvalue weighted by Crippen LogP contribution is -2.57. The molecular weight excluding hydrogens is 462 g/mol. The molecule has 10 nitrogen and oxygen atoms in total. The molecule has 14 heteroatoms. The van der Waals surface area contributed by atoms with Crippen LogP contribution in [0.5, 0.6) is 0 Å². The van der Waals surface area contributed by atoms with Crippen molar-refractivity contribution in [2.45, 2.75) is 58.9 Å². The number of carbonyl (C=O) groups excluding carboxylic acids is 2. The molecule has 3 rings (SSSR count). The second-order valence-electron chi connectivity index (χ2n) is 7.18. The minimum absolute atomic E-state index is 0.0502. The summed E-state index contributed by atoms with van der Waals surface area (Å²) in [7, 11) is 0. The van der Waals surface area contributed by atoms with Crippen LogP contribution in [0.1, 0.15) is 19.3 Å². The van der Waals surface area contributed by atoms with Gasteiger partial charge in [-0.1, -0.05) is 0 Å². The molecule has 1 saturated heterocycles. The number of hydrazine groups is 1. The fourth-order valence-corrected chi connectivity index (χ4v) is 5.74. The smallest absolute Gasteiger partial charge is 0.249 e. The first-order valence-corrected chi connectivity index (χ1v) is 10.3. The number of nitrogens with one attached hydrogen (secondary N) is 1. The standard InChI is InChI=1S/C14H16Cl4N4O6/c15-9-7-8(10(16)12(18)11(9)17)14(24)20(13(7)23)19-5-2-1-4(21(25)26)3-6(5)22(27)28/h4-12,19H,1-3H2/t4-,5-,6+,7-,8-,9-,10+,11-,12+/m1/s1. The summed E-state index contributed by atoms with van der Waals surface area (Å²) in [6, 6.07) is -3.30. The third kappa shape index (κ3) is 3.54. The van der Waals surface area contributed by atoms with Gasteiger partial charge in [0.25, 0.3) is 0 Å². The molecule has 1 heterocycles. The van der Waals surface area contributed by atoms with Crippen molar-refractivity contribution in [1.29, 1.82) is 0 Å². The fraction of sp³-hybridized carbons (Fsp3) is 0.857. The molecule has 156 valence electrons. The van der Waals surface area contributed by atoms with E-state index < -0.39 is 73.1 Å². The van der Waals surface area contributed by atoms with Crippen molar-refractivity contribution in [2.24, 2.45) is 11.8 Å². The van der Waals surface area contributed by atoms with Crippen LogP contribution in [0.15, 0.2) is 0 Å². The van der Waals surface area contributed by atoms with Gasteiger partial charge in [0, 0.05) is 16.3 Å². The second-order valence-corrected chi connectivity index (χ2v) is 9.20. The van der Waals surface area contributed by atoms with E-state index in [0.29, 0.717) is 5.01 Å². The van der Waals surface area contributed by atoms with Gasteiger partial charge in [-0.2, -0.15) is 0 Å². The highest BCUT2D eigenvalue weighted by molar-refractivity contribution is 6.40. The topological polar surface area (TPSA) is 136 Å². The van der Waals surface area contributed by atoms with E-state index in [1.165, 1.54) is 0 Å². The van der Waals surface area contributed by atoms with E-state index in [1.807, 2.05) is 0 Å². The third-order valence-corrected chi connectivity index (χ3v) is 8.21. The second kappa shape index (κ2) is 8.06. The minimum Gasteiger partial charge on any atom is -0.273 e. The number of rotatable bonds is 4. The van der Waals surface area contributed by atoms with Gasteiger partial charge in [-0.05, 0) is 6.42 Å². The van der Waals surface area contributed by atoms with Gasteiger partial charge < -0.3 is 0 Å². The van der Waals surface area contributed by atoms with Crippen molar-refractivity contribution in [2.75, 3.05) is 0 Å². The lowest BCUT2D eigenvalue weighted by molar-refractivity contribution is -0.570. The summed E-state index contributed by atoms with van der Waals surface area (Å²) >= 11 is 24.8. The number of amides is 2. The normalized spacial score (nSPS) is 43.7. The van der Waals surface area contributed by atoms with Gasteiger partial charge in [0.15, 0.2) is 0 Å². The van der Waals surface area contributed by atoms with Crippen molar-refractivity contribution < 1.29 is 19.4 Å². The van der Waals surface area contributed by atoms with Crippen LogP contribution in [0.2, 0.25) is 0 Å². The van der Waals surface area contributed by atoms with Gasteiger partial charge in [-0.25, -0.2) is 10.4 Å². The first kappa shape index (κ1) is 21.8. The van der Waals surface area contributed by atoms with Crippen LogP contribution in [0.25, 0.3) is 0 Å². The monoisotopic (exact) mass is 476 g/mol. The Morgan fingerprint density at radius 3 is 1.79 bits per heavy atom. The first-order valence-electron chi connectivity index (χ1n) is 8.53. The van der Waals surface area contributed by atoms with E-state index in [-0.39, 0.29) is 19.3 Å². The lowest BCUT2D eigenvalue weighted by Gasteiger charge is -2.37. The van der Waals surface area contributed by atoms with Gasteiger partial charge in [0.2, 0.25) is 23.9 Å². The van der Waals surface area contributed by atoms with E-state index in [0.717, 1.165) is 0 Å². The molecule has 0 bridgehead atoms. The van der Waals surface area contributed by atoms with Crippen LogP contribution >= 0.6 is 46.4 Å². The molecule has 9 atom stereocenters. The highest BCUT2D eigenvalue weighted by Crippen LogP contribution is 2.46. The van der Waals surface area contributed by atoms with Crippen molar-refractivity contribution in [3.63, 3.8) is 0 Å². The molecule has 0 unspecified atom stereocenters. The molecule has 2 aliphatic carbocycles. The summed E-state index contributed by atoms with van der Waals surface area (Å²) < 4.78 is 0. The minimum atomic E-state index is -1.33. The maximum atomic E-state index is 12.8. The van der Waals surface area contributed by atoms with Crippen molar-refractivity contribution in [3.05, 3.63) is 20.2 Å². The number of halogens is 4. The predicted molar refractivity (Wildman–Crippen MR) is 99.7 cm³/mol. The van der Waals surface area contributed by atoms with E-state index >= 15 is 0 Å². The largest absolute Gasteiger partial charge is 0.273 e. The Morgan fingerprint density at radius 2 is 1.36 bits per heavy atom. The van der Waals surface area contributed by atoms with Gasteiger partial charge >= 0.3 is 0 Å². The molecule has 0 aromatic heterocycles. The fourth-order valence-electron chi connectivity index (χ4n) is 4.12. The number of alkyl halides is 4. The van der Waals surface area contributed by atoms with Crippen LogP contribution in [0.4, 0.5) is 0 Å². The van der Waals surface area contributed by atoms with E-state index in [9.17, 15) is 29.8 Å². The zero-order valence-corrected chi connectivity index (χ0v) is 17.1. The zero-order chi connectivity index (χ0) is 20.9. The number of fused-ring (bicyclic) bond motifs is 1. The lowest BCUT2D eigenvalue weighted by atomic mass is 9.79. The molecule has 0 radical (unpaired) electrons. The molecule has 2 amide bonds. The van der Waals surface area contributed by atoms with E-state index in [1.54, 1.807) is 0 Å². The highest BCUT2D eigenvalue weighted by atomic mass is 35.5. The van der Waals surface area contributed by atoms with Crippen molar-refractivity contribution >= 4 is 58.2 Å². The Labute approximate surface area is 179 Å². The molecule has 2 saturated carbocycles. The molecule has 3 fully saturated rings. The van der Waals surface area contributed by atoms with Crippen LogP contribution in [0.3, 0.4) is 0 Å². The Morgan fingerprint density at radius 1 is 0.857 bits per heavy atom. The Kier molecular flexibility index (Phi) is 6.26. The third-order valence-electron chi connectivity index (χ3n) is 5.65. The van der Waals surface area contributed by atoms with Gasteiger partial charge in [0.1, 0.15) is 0 Å². The first-order chi connectivity index (χ1) is 13.1. The van der Waals surface area contributed by atoms with Gasteiger partial charge in [-0.3, -0.25) is 29.8 Å². The Hall–Kier alpha value is -0.940. The Bertz CT molecular complexity index is 681. The maximum absolute atomic E-state index is 12.8. The number of hydrogen-bond donors (Lipinski definition) is 1. The van der Waals surface area contributed by atoms with Crippen molar-refractivity contribution in [1.82, 2.24) is 10.4 Å². The number of hydrogen-bond acceptors (Lipinski definition) is 7. The summed E-state index contributed by atoms with van der Waals surface area (Å²) in [4.78, 5) is 46.8. The highest BCUT2D eigenvalue weighted by Gasteiger charge is 2.61. The predicted octanol–water partition coefficient (Wildman–Crippen LogP) is 1.38. The van der Waals surface area contributed by atoms with E-state index in [4.69, 9.17) is 46.4 Å². The maximum Gasteiger partial charge on any atom is 0.249 e. The molecule has 0 aromatic carbocycles. The quantitative estimate of drug-likeness (QED) is 0.279. The summed E-state index contributed by atoms with van der Waals surface area (Å²) in [5, 5.41) is 19.5. The molecule has 3 aliphatic rings. The number of imide groups is 1. The summed E-state index contributed by atoms with van der Waals surface area (Å²) in [6.07, 6.45) is -0.166. The molecular formula is C14H16Cl4N4O6. The van der Waals surface area contributed by atoms with Gasteiger partial charge in [-0.15, -0.1) is 46.4 Å². The molecule has 28 heavy (non-hydrogen) atoms. The van der Waals surface area contributed by atoms with Crippen LogP contribution in [-0.4, -0.2) is 66.3 Å². The SMILES string of the molecule is O=C1[C@H]2[C@H](Cl)[C@H](Cl)[C@H](Cl)[C@H](Cl)[C@@H]2C(=O)N1N[C@@H]1CC[C@@H]([N+](=O)[O-])C[C@@H]1[N+](=O)[O-]. The van der Waals surface area contributed by atoms with Crippen LogP contribution in [0, 0.1) is 32.1 Å². The average molecular weight is 478 g/mol. The molecule has 0 spiro atoms.